The number of halogens is 3. The van der Waals surface area contributed by atoms with Gasteiger partial charge in [0.25, 0.3) is 0 Å². The second kappa shape index (κ2) is 13.0. The molecule has 3 nitrogen and oxygen atoms in total. The van der Waals surface area contributed by atoms with Crippen LogP contribution in [0.1, 0.15) is 41.5 Å². The molecule has 4 aromatic rings. The molecule has 0 bridgehead atoms. The zero-order chi connectivity index (χ0) is 27.7. The average molecular weight is 529 g/mol. The number of carbonyl (C=O) groups is 1. The zero-order valence-electron chi connectivity index (χ0n) is 21.7. The van der Waals surface area contributed by atoms with Gasteiger partial charge in [0, 0.05) is 24.7 Å². The quantitative estimate of drug-likeness (QED) is 0.231. The number of alkyl halides is 3. The number of nitrogens with zero attached hydrogens (tertiary/aromatic N) is 1. The molecular formula is C33H31F3N2O. The molecule has 4 rings (SSSR count). The summed E-state index contributed by atoms with van der Waals surface area (Å²) < 4.78 is 39.0. The van der Waals surface area contributed by atoms with Crippen molar-refractivity contribution in [3.05, 3.63) is 143 Å². The molecule has 39 heavy (non-hydrogen) atoms. The number of carbonyl (C=O) groups excluding carboxylic acids is 1. The maximum atomic E-state index is 13.4. The Labute approximate surface area is 227 Å². The molecule has 200 valence electrons. The van der Waals surface area contributed by atoms with Crippen LogP contribution in [0.4, 0.5) is 23.7 Å². The number of hydrogen-bond donors (Lipinski definition) is 1. The van der Waals surface area contributed by atoms with Gasteiger partial charge in [-0.2, -0.15) is 13.2 Å². The van der Waals surface area contributed by atoms with Gasteiger partial charge in [0.2, 0.25) is 0 Å². The first kappa shape index (κ1) is 27.7. The van der Waals surface area contributed by atoms with Gasteiger partial charge in [-0.3, -0.25) is 0 Å². The van der Waals surface area contributed by atoms with E-state index < -0.39 is 11.7 Å². The molecule has 0 aromatic heterocycles. The lowest BCUT2D eigenvalue weighted by molar-refractivity contribution is -0.137. The second-order valence-corrected chi connectivity index (χ2v) is 9.49. The standard InChI is InChI=1S/C33H31F3N2O/c1-25(23-26-11-5-2-6-12-26)24-38(32(39)37-30-19-17-29(18-20-30)33(34,35)36)22-21-31(27-13-7-3-8-14-27)28-15-9-4-10-16-28/h2-20,23,31H,21-22,24H2,1H3,(H,37,39)/b25-23-. The van der Waals surface area contributed by atoms with Crippen LogP contribution in [-0.4, -0.2) is 24.0 Å². The number of benzene rings is 4. The largest absolute Gasteiger partial charge is 0.416 e. The van der Waals surface area contributed by atoms with Crippen molar-refractivity contribution in [2.45, 2.75) is 25.4 Å². The number of nitrogens with one attached hydrogen (secondary N) is 1. The highest BCUT2D eigenvalue weighted by Gasteiger charge is 2.30. The maximum Gasteiger partial charge on any atom is 0.416 e. The molecule has 0 aliphatic carbocycles. The molecule has 1 N–H and O–H groups in total. The molecule has 0 saturated heterocycles. The first-order valence-electron chi connectivity index (χ1n) is 12.8. The predicted molar refractivity (Wildman–Crippen MR) is 151 cm³/mol. The van der Waals surface area contributed by atoms with Crippen molar-refractivity contribution in [2.24, 2.45) is 0 Å². The van der Waals surface area contributed by atoms with Crippen LogP contribution in [0.25, 0.3) is 6.08 Å². The first-order chi connectivity index (χ1) is 18.8. The number of amides is 2. The summed E-state index contributed by atoms with van der Waals surface area (Å²) in [5.41, 5.74) is 3.88. The normalized spacial score (nSPS) is 11.9. The predicted octanol–water partition coefficient (Wildman–Crippen LogP) is 8.87. The summed E-state index contributed by atoms with van der Waals surface area (Å²) in [5, 5.41) is 2.79. The van der Waals surface area contributed by atoms with Crippen LogP contribution < -0.4 is 5.32 Å². The molecule has 0 aliphatic heterocycles. The van der Waals surface area contributed by atoms with Gasteiger partial charge in [0.15, 0.2) is 0 Å². The van der Waals surface area contributed by atoms with Crippen LogP contribution in [-0.2, 0) is 6.18 Å². The summed E-state index contributed by atoms with van der Waals surface area (Å²) in [6.07, 6.45) is -1.73. The monoisotopic (exact) mass is 528 g/mol. The fourth-order valence-corrected chi connectivity index (χ4v) is 4.56. The van der Waals surface area contributed by atoms with E-state index in [2.05, 4.69) is 29.6 Å². The Morgan fingerprint density at radius 3 is 1.82 bits per heavy atom. The van der Waals surface area contributed by atoms with Crippen molar-refractivity contribution in [3.63, 3.8) is 0 Å². The number of urea groups is 1. The highest BCUT2D eigenvalue weighted by atomic mass is 19.4. The van der Waals surface area contributed by atoms with E-state index in [1.165, 1.54) is 12.1 Å². The third-order valence-corrected chi connectivity index (χ3v) is 6.50. The van der Waals surface area contributed by atoms with Gasteiger partial charge in [-0.25, -0.2) is 4.79 Å². The van der Waals surface area contributed by atoms with Gasteiger partial charge < -0.3 is 10.2 Å². The molecule has 0 atom stereocenters. The summed E-state index contributed by atoms with van der Waals surface area (Å²) in [6.45, 7) is 2.79. The van der Waals surface area contributed by atoms with Crippen molar-refractivity contribution >= 4 is 17.8 Å². The molecule has 4 aromatic carbocycles. The number of rotatable bonds is 9. The molecule has 2 amide bonds. The van der Waals surface area contributed by atoms with Crippen LogP contribution in [0.5, 0.6) is 0 Å². The van der Waals surface area contributed by atoms with Crippen molar-refractivity contribution in [1.29, 1.82) is 0 Å². The maximum absolute atomic E-state index is 13.4. The van der Waals surface area contributed by atoms with Crippen LogP contribution >= 0.6 is 0 Å². The lowest BCUT2D eigenvalue weighted by atomic mass is 9.88. The molecule has 0 fully saturated rings. The summed E-state index contributed by atoms with van der Waals surface area (Å²) in [7, 11) is 0. The molecular weight excluding hydrogens is 497 g/mol. The van der Waals surface area contributed by atoms with E-state index in [9.17, 15) is 18.0 Å². The molecule has 0 radical (unpaired) electrons. The Kier molecular flexibility index (Phi) is 9.21. The molecule has 0 heterocycles. The second-order valence-electron chi connectivity index (χ2n) is 9.49. The smallest absolute Gasteiger partial charge is 0.321 e. The van der Waals surface area contributed by atoms with Crippen LogP contribution in [0, 0.1) is 0 Å². The van der Waals surface area contributed by atoms with E-state index in [1.54, 1.807) is 4.90 Å². The fourth-order valence-electron chi connectivity index (χ4n) is 4.56. The summed E-state index contributed by atoms with van der Waals surface area (Å²) in [6, 6.07) is 34.3. The minimum atomic E-state index is -4.43. The van der Waals surface area contributed by atoms with E-state index in [1.807, 2.05) is 79.7 Å². The Bertz CT molecular complexity index is 1310. The van der Waals surface area contributed by atoms with E-state index in [0.717, 1.165) is 34.4 Å². The van der Waals surface area contributed by atoms with Gasteiger partial charge >= 0.3 is 12.2 Å². The summed E-state index contributed by atoms with van der Waals surface area (Å²) >= 11 is 0. The van der Waals surface area contributed by atoms with Crippen molar-refractivity contribution in [3.8, 4) is 0 Å². The highest BCUT2D eigenvalue weighted by molar-refractivity contribution is 5.89. The molecule has 0 aliphatic rings. The Balaban J connectivity index is 1.56. The minimum Gasteiger partial charge on any atom is -0.321 e. The van der Waals surface area contributed by atoms with E-state index in [4.69, 9.17) is 0 Å². The highest BCUT2D eigenvalue weighted by Crippen LogP contribution is 2.30. The third-order valence-electron chi connectivity index (χ3n) is 6.50. The SMILES string of the molecule is C/C(=C/c1ccccc1)CN(CCC(c1ccccc1)c1ccccc1)C(=O)Nc1ccc(C(F)(F)F)cc1. The van der Waals surface area contributed by atoms with Crippen LogP contribution in [0.3, 0.4) is 0 Å². The van der Waals surface area contributed by atoms with Crippen molar-refractivity contribution < 1.29 is 18.0 Å². The zero-order valence-corrected chi connectivity index (χ0v) is 21.7. The van der Waals surface area contributed by atoms with E-state index in [0.29, 0.717) is 25.2 Å². The Morgan fingerprint density at radius 1 is 0.795 bits per heavy atom. The number of hydrogen-bond acceptors (Lipinski definition) is 1. The molecule has 0 saturated carbocycles. The van der Waals surface area contributed by atoms with Crippen LogP contribution in [0.2, 0.25) is 0 Å². The van der Waals surface area contributed by atoms with Crippen molar-refractivity contribution in [2.75, 3.05) is 18.4 Å². The number of anilines is 1. The Hall–Kier alpha value is -4.32. The van der Waals surface area contributed by atoms with E-state index >= 15 is 0 Å². The van der Waals surface area contributed by atoms with Gasteiger partial charge in [-0.1, -0.05) is 103 Å². The van der Waals surface area contributed by atoms with Gasteiger partial charge in [0.05, 0.1) is 5.56 Å². The minimum absolute atomic E-state index is 0.0761. The summed E-state index contributed by atoms with van der Waals surface area (Å²) in [4.78, 5) is 15.1. The fraction of sp³-hybridized carbons (Fsp3) is 0.182. The molecule has 0 unspecified atom stereocenters. The van der Waals surface area contributed by atoms with Gasteiger partial charge in [0.1, 0.15) is 0 Å². The van der Waals surface area contributed by atoms with E-state index in [-0.39, 0.29) is 11.9 Å². The molecule has 6 heteroatoms. The third kappa shape index (κ3) is 8.08. The van der Waals surface area contributed by atoms with Crippen molar-refractivity contribution in [1.82, 2.24) is 4.90 Å². The first-order valence-corrected chi connectivity index (χ1v) is 12.8. The lowest BCUT2D eigenvalue weighted by Gasteiger charge is -2.27. The van der Waals surface area contributed by atoms with Gasteiger partial charge in [-0.05, 0) is 54.3 Å². The topological polar surface area (TPSA) is 32.3 Å². The van der Waals surface area contributed by atoms with Gasteiger partial charge in [-0.15, -0.1) is 0 Å². The average Bonchev–Trinajstić information content (AvgIpc) is 2.94. The van der Waals surface area contributed by atoms with Crippen LogP contribution in [0.15, 0.2) is 121 Å². The molecule has 0 spiro atoms. The summed E-state index contributed by atoms with van der Waals surface area (Å²) in [5.74, 6) is 0.0761. The Morgan fingerprint density at radius 2 is 1.31 bits per heavy atom. The lowest BCUT2D eigenvalue weighted by Crippen LogP contribution is -2.37.